The smallest absolute Gasteiger partial charge is 0.274 e. The van der Waals surface area contributed by atoms with E-state index in [2.05, 4.69) is 22.6 Å². The number of nitrogens with zero attached hydrogens (tertiary/aromatic N) is 3. The van der Waals surface area contributed by atoms with Gasteiger partial charge in [0.15, 0.2) is 5.60 Å². The van der Waals surface area contributed by atoms with Crippen molar-refractivity contribution in [1.29, 1.82) is 0 Å². The Bertz CT molecular complexity index is 1110. The average molecular weight is 479 g/mol. The highest BCUT2D eigenvalue weighted by Crippen LogP contribution is 2.49. The number of carbonyl (C=O) groups excluding carboxylic acids is 1. The van der Waals surface area contributed by atoms with Gasteiger partial charge in [-0.15, -0.1) is 11.3 Å². The molecule has 2 aliphatic rings. The molecule has 34 heavy (non-hydrogen) atoms. The third-order valence-corrected chi connectivity index (χ3v) is 8.32. The third kappa shape index (κ3) is 4.37. The first-order chi connectivity index (χ1) is 16.6. The number of rotatable bonds is 8. The molecule has 1 unspecified atom stereocenters. The van der Waals surface area contributed by atoms with Crippen LogP contribution in [0.3, 0.4) is 0 Å². The molecule has 1 aliphatic heterocycles. The van der Waals surface area contributed by atoms with Crippen molar-refractivity contribution in [1.82, 2.24) is 20.7 Å². The molecule has 0 spiro atoms. The molecule has 1 amide bonds. The van der Waals surface area contributed by atoms with Crippen LogP contribution in [-0.2, 0) is 15.2 Å². The molecular weight excluding hydrogens is 448 g/mol. The number of carbonyl (C=O) groups is 1. The van der Waals surface area contributed by atoms with E-state index in [4.69, 9.17) is 14.6 Å². The Balaban J connectivity index is 1.55. The van der Waals surface area contributed by atoms with Crippen LogP contribution in [0.4, 0.5) is 0 Å². The molecule has 2 aromatic heterocycles. The molecule has 7 nitrogen and oxygen atoms in total. The van der Waals surface area contributed by atoms with Crippen molar-refractivity contribution in [3.63, 3.8) is 0 Å². The first-order valence-corrected chi connectivity index (χ1v) is 12.8. The zero-order chi connectivity index (χ0) is 23.5. The van der Waals surface area contributed by atoms with Gasteiger partial charge in [0.05, 0.1) is 17.5 Å². The molecular formula is C26H30N4O3S. The normalized spacial score (nSPS) is 20.9. The maximum atomic E-state index is 13.0. The number of hydrogen-bond donors (Lipinski definition) is 1. The fourth-order valence-corrected chi connectivity index (χ4v) is 6.05. The summed E-state index contributed by atoms with van der Waals surface area (Å²) in [5.74, 6) is -0.0112. The van der Waals surface area contributed by atoms with Gasteiger partial charge in [-0.2, -0.15) is 10.2 Å². The number of thiazole rings is 1. The van der Waals surface area contributed by atoms with E-state index >= 15 is 0 Å². The van der Waals surface area contributed by atoms with Crippen molar-refractivity contribution in [3.05, 3.63) is 75.5 Å². The Kier molecular flexibility index (Phi) is 6.72. The van der Waals surface area contributed by atoms with Gasteiger partial charge in [0.1, 0.15) is 5.01 Å². The lowest BCUT2D eigenvalue weighted by Gasteiger charge is -2.40. The minimum Gasteiger partial charge on any atom is -0.375 e. The Hall–Kier alpha value is -2.68. The van der Waals surface area contributed by atoms with Crippen molar-refractivity contribution in [2.75, 3.05) is 6.61 Å². The van der Waals surface area contributed by atoms with Crippen LogP contribution in [0, 0.1) is 6.92 Å². The monoisotopic (exact) mass is 478 g/mol. The molecule has 178 valence electrons. The number of hydrogen-bond acceptors (Lipinski definition) is 7. The minimum absolute atomic E-state index is 0.264. The van der Waals surface area contributed by atoms with Gasteiger partial charge in [-0.1, -0.05) is 31.5 Å². The zero-order valence-electron chi connectivity index (χ0n) is 19.6. The van der Waals surface area contributed by atoms with Crippen molar-refractivity contribution < 1.29 is 14.4 Å². The molecule has 3 atom stereocenters. The number of nitrogens with one attached hydrogen (secondary N) is 1. The lowest BCUT2D eigenvalue weighted by Crippen LogP contribution is -2.50. The molecule has 1 N–H and O–H groups in total. The first kappa shape index (κ1) is 23.1. The Labute approximate surface area is 203 Å². The molecule has 3 heterocycles. The topological polar surface area (TPSA) is 86.2 Å². The van der Waals surface area contributed by atoms with Gasteiger partial charge < -0.3 is 4.74 Å². The Morgan fingerprint density at radius 2 is 1.97 bits per heavy atom. The van der Waals surface area contributed by atoms with Crippen LogP contribution >= 0.6 is 11.3 Å². The minimum atomic E-state index is -1.03. The summed E-state index contributed by atoms with van der Waals surface area (Å²) < 4.78 is 6.23. The second-order valence-electron chi connectivity index (χ2n) is 9.21. The highest BCUT2D eigenvalue weighted by molar-refractivity contribution is 7.11. The number of ether oxygens (including phenoxy) is 1. The molecule has 2 fully saturated rings. The lowest BCUT2D eigenvalue weighted by atomic mass is 9.80. The predicted octanol–water partition coefficient (Wildman–Crippen LogP) is 5.05. The van der Waals surface area contributed by atoms with E-state index in [9.17, 15) is 4.79 Å². The summed E-state index contributed by atoms with van der Waals surface area (Å²) >= 11 is 1.67. The van der Waals surface area contributed by atoms with Gasteiger partial charge in [-0.05, 0) is 62.8 Å². The number of aryl methyl sites for hydroxylation is 1. The lowest BCUT2D eigenvalue weighted by molar-refractivity contribution is -0.177. The van der Waals surface area contributed by atoms with E-state index in [0.717, 1.165) is 29.2 Å². The Morgan fingerprint density at radius 3 is 2.62 bits per heavy atom. The summed E-state index contributed by atoms with van der Waals surface area (Å²) in [4.78, 5) is 25.6. The van der Waals surface area contributed by atoms with Crippen LogP contribution in [0.15, 0.2) is 48.7 Å². The van der Waals surface area contributed by atoms with Crippen LogP contribution in [0.5, 0.6) is 0 Å². The highest BCUT2D eigenvalue weighted by atomic mass is 32.1. The fourth-order valence-electron chi connectivity index (χ4n) is 4.70. The van der Waals surface area contributed by atoms with Crippen molar-refractivity contribution in [2.45, 2.75) is 69.5 Å². The standard InChI is InChI=1S/C26H30N4O3S/c1-17-13-14-21(29-28-17)18(2)26(23-12-7-15-32-23,25-27-16-22(34-25)19-10-6-11-19)33-30-24(31)20-8-4-3-5-9-20/h3-5,8-9,13-14,16,18-19,23H,6-7,10-12,15H2,1-2H3,(H,30,31)/t18-,23+,26?/m1/s1. The van der Waals surface area contributed by atoms with Crippen LogP contribution < -0.4 is 5.48 Å². The number of amides is 1. The van der Waals surface area contributed by atoms with Crippen LogP contribution in [-0.4, -0.2) is 33.8 Å². The maximum absolute atomic E-state index is 13.0. The first-order valence-electron chi connectivity index (χ1n) is 12.0. The molecule has 5 rings (SSSR count). The van der Waals surface area contributed by atoms with Gasteiger partial charge in [0.25, 0.3) is 5.91 Å². The molecule has 1 aromatic carbocycles. The summed E-state index contributed by atoms with van der Waals surface area (Å²) in [7, 11) is 0. The number of benzene rings is 1. The average Bonchev–Trinajstić information content (AvgIpc) is 3.53. The van der Waals surface area contributed by atoms with E-state index in [-0.39, 0.29) is 17.9 Å². The SMILES string of the molecule is Cc1ccc([C@@H](C)C(ONC(=O)c2ccccc2)(c2ncc(C3CCC3)s2)[C@@H]2CCCO2)nn1. The summed E-state index contributed by atoms with van der Waals surface area (Å²) in [5.41, 5.74) is 3.86. The molecule has 8 heteroatoms. The number of aromatic nitrogens is 3. The van der Waals surface area contributed by atoms with E-state index in [0.29, 0.717) is 18.1 Å². The highest BCUT2D eigenvalue weighted by Gasteiger charge is 2.53. The Morgan fingerprint density at radius 1 is 1.15 bits per heavy atom. The third-order valence-electron chi connectivity index (χ3n) is 7.03. The van der Waals surface area contributed by atoms with Gasteiger partial charge in [-0.3, -0.25) is 9.63 Å². The second kappa shape index (κ2) is 9.90. The summed E-state index contributed by atoms with van der Waals surface area (Å²) in [5, 5.41) is 9.57. The van der Waals surface area contributed by atoms with Crippen molar-refractivity contribution in [3.8, 4) is 0 Å². The van der Waals surface area contributed by atoms with E-state index < -0.39 is 5.60 Å². The van der Waals surface area contributed by atoms with Gasteiger partial charge in [0.2, 0.25) is 0 Å². The van der Waals surface area contributed by atoms with Crippen LogP contribution in [0.2, 0.25) is 0 Å². The summed E-state index contributed by atoms with van der Waals surface area (Å²) in [6, 6.07) is 13.0. The quantitative estimate of drug-likeness (QED) is 0.456. The predicted molar refractivity (Wildman–Crippen MR) is 130 cm³/mol. The van der Waals surface area contributed by atoms with Crippen LogP contribution in [0.25, 0.3) is 0 Å². The van der Waals surface area contributed by atoms with Gasteiger partial charge in [-0.25, -0.2) is 10.5 Å². The molecule has 1 aliphatic carbocycles. The van der Waals surface area contributed by atoms with E-state index in [1.807, 2.05) is 43.5 Å². The van der Waals surface area contributed by atoms with Crippen LogP contribution in [0.1, 0.15) is 82.5 Å². The molecule has 1 saturated carbocycles. The van der Waals surface area contributed by atoms with E-state index in [1.165, 1.54) is 24.1 Å². The van der Waals surface area contributed by atoms with Gasteiger partial charge >= 0.3 is 0 Å². The summed E-state index contributed by atoms with van der Waals surface area (Å²) in [6.45, 7) is 4.62. The maximum Gasteiger partial charge on any atom is 0.274 e. The molecule has 0 radical (unpaired) electrons. The fraction of sp³-hybridized carbons (Fsp3) is 0.462. The van der Waals surface area contributed by atoms with E-state index in [1.54, 1.807) is 23.5 Å². The number of hydroxylamine groups is 1. The summed E-state index contributed by atoms with van der Waals surface area (Å²) in [6.07, 6.45) is 7.08. The molecule has 3 aromatic rings. The second-order valence-corrected chi connectivity index (χ2v) is 10.3. The largest absolute Gasteiger partial charge is 0.375 e. The van der Waals surface area contributed by atoms with Crippen molar-refractivity contribution >= 4 is 17.2 Å². The van der Waals surface area contributed by atoms with Crippen molar-refractivity contribution in [2.24, 2.45) is 0 Å². The molecule has 1 saturated heterocycles. The molecule has 0 bridgehead atoms. The zero-order valence-corrected chi connectivity index (χ0v) is 20.4. The van der Waals surface area contributed by atoms with Gasteiger partial charge in [0, 0.05) is 29.2 Å².